The molecule has 1 aliphatic carbocycles. The number of unbranched alkanes of at least 4 members (excludes halogenated alkanes) is 2. The Balaban J connectivity index is 1.45. The Labute approximate surface area is 226 Å². The van der Waals surface area contributed by atoms with E-state index in [-0.39, 0.29) is 45.4 Å². The van der Waals surface area contributed by atoms with E-state index in [0.29, 0.717) is 25.1 Å². The van der Waals surface area contributed by atoms with Crippen molar-refractivity contribution in [3.05, 3.63) is 70.1 Å². The number of hydrogen-bond donors (Lipinski definition) is 4. The predicted molar refractivity (Wildman–Crippen MR) is 145 cm³/mol. The number of para-hydroxylation sites is 1. The summed E-state index contributed by atoms with van der Waals surface area (Å²) in [5, 5.41) is 27.3. The largest absolute Gasteiger partial charge is 0.507 e. The lowest BCUT2D eigenvalue weighted by Gasteiger charge is -2.29. The molecule has 39 heavy (non-hydrogen) atoms. The minimum absolute atomic E-state index is 0.000583. The lowest BCUT2D eigenvalue weighted by molar-refractivity contribution is -0.123. The molecule has 4 rings (SSSR count). The quantitative estimate of drug-likeness (QED) is 0.162. The molecule has 0 bridgehead atoms. The molecule has 0 spiro atoms. The number of allylic oxidation sites excluding steroid dienone is 4. The van der Waals surface area contributed by atoms with Crippen LogP contribution in [-0.2, 0) is 19.8 Å². The molecular weight excluding hydrogens is 500 g/mol. The summed E-state index contributed by atoms with van der Waals surface area (Å²) in [7, 11) is 0. The molecule has 4 N–H and O–H groups in total. The Hall–Kier alpha value is -4.40. The zero-order valence-corrected chi connectivity index (χ0v) is 22.4. The van der Waals surface area contributed by atoms with Crippen molar-refractivity contribution in [1.29, 1.82) is 0 Å². The summed E-state index contributed by atoms with van der Waals surface area (Å²) in [5.74, 6) is -2.57. The summed E-state index contributed by atoms with van der Waals surface area (Å²) >= 11 is 0. The van der Waals surface area contributed by atoms with E-state index in [2.05, 4.69) is 10.6 Å². The van der Waals surface area contributed by atoms with Gasteiger partial charge >= 0.3 is 0 Å². The van der Waals surface area contributed by atoms with Crippen molar-refractivity contribution in [1.82, 2.24) is 5.32 Å². The number of phenolic OH excluding ortho intramolecular Hbond substituents is 2. The number of aromatic hydroxyl groups is 2. The summed E-state index contributed by atoms with van der Waals surface area (Å²) in [4.78, 5) is 51.2. The minimum atomic E-state index is -1.54. The summed E-state index contributed by atoms with van der Waals surface area (Å²) in [6, 6.07) is 9.25. The molecular formula is C30H32N2O7. The normalized spacial score (nSPS) is 19.0. The maximum Gasteiger partial charge on any atom is 0.224 e. The molecule has 9 nitrogen and oxygen atoms in total. The molecule has 0 saturated carbocycles. The number of carbonyl (C=O) groups is 4. The fourth-order valence-electron chi connectivity index (χ4n) is 5.06. The molecule has 2 aliphatic rings. The van der Waals surface area contributed by atoms with Crippen molar-refractivity contribution in [2.24, 2.45) is 0 Å². The summed E-state index contributed by atoms with van der Waals surface area (Å²) in [5.41, 5.74) is -0.492. The van der Waals surface area contributed by atoms with Gasteiger partial charge in [-0.2, -0.15) is 0 Å². The number of phenols is 2. The van der Waals surface area contributed by atoms with Crippen LogP contribution in [0.4, 0.5) is 5.69 Å². The van der Waals surface area contributed by atoms with E-state index >= 15 is 0 Å². The van der Waals surface area contributed by atoms with Crippen LogP contribution in [0.15, 0.2) is 53.4 Å². The van der Waals surface area contributed by atoms with Crippen molar-refractivity contribution < 1.29 is 34.1 Å². The molecule has 204 valence electrons. The first-order valence-corrected chi connectivity index (χ1v) is 12.9. The van der Waals surface area contributed by atoms with Gasteiger partial charge in [0, 0.05) is 36.0 Å². The molecule has 9 heteroatoms. The highest BCUT2D eigenvalue weighted by atomic mass is 16.5. The average molecular weight is 533 g/mol. The summed E-state index contributed by atoms with van der Waals surface area (Å²) in [6.07, 6.45) is 3.77. The Bertz CT molecular complexity index is 1440. The van der Waals surface area contributed by atoms with Gasteiger partial charge in [0.1, 0.15) is 34.0 Å². The first-order chi connectivity index (χ1) is 18.5. The minimum Gasteiger partial charge on any atom is -0.507 e. The van der Waals surface area contributed by atoms with Crippen LogP contribution in [0.25, 0.3) is 0 Å². The molecule has 1 amide bonds. The Morgan fingerprint density at radius 3 is 2.36 bits per heavy atom. The van der Waals surface area contributed by atoms with Crippen LogP contribution in [0.1, 0.15) is 67.9 Å². The fraction of sp³-hybridized carbons (Fsp3) is 0.333. The molecule has 1 unspecified atom stereocenters. The van der Waals surface area contributed by atoms with Crippen molar-refractivity contribution in [2.45, 2.75) is 58.8 Å². The van der Waals surface area contributed by atoms with Crippen molar-refractivity contribution >= 4 is 28.9 Å². The van der Waals surface area contributed by atoms with Gasteiger partial charge in [0.05, 0.1) is 11.1 Å². The molecule has 2 aromatic carbocycles. The van der Waals surface area contributed by atoms with E-state index in [4.69, 9.17) is 4.74 Å². The van der Waals surface area contributed by atoms with Crippen molar-refractivity contribution in [3.8, 4) is 17.2 Å². The molecule has 1 aliphatic heterocycles. The van der Waals surface area contributed by atoms with E-state index < -0.39 is 28.5 Å². The van der Waals surface area contributed by atoms with Crippen molar-refractivity contribution in [2.75, 3.05) is 11.9 Å². The van der Waals surface area contributed by atoms with E-state index in [1.807, 2.05) is 30.3 Å². The number of anilines is 1. The second-order valence-corrected chi connectivity index (χ2v) is 10.0. The lowest BCUT2D eigenvalue weighted by Crippen LogP contribution is -2.41. The van der Waals surface area contributed by atoms with Gasteiger partial charge in [-0.25, -0.2) is 0 Å². The third-order valence-corrected chi connectivity index (χ3v) is 7.29. The molecule has 0 fully saturated rings. The Morgan fingerprint density at radius 2 is 1.69 bits per heavy atom. The van der Waals surface area contributed by atoms with E-state index in [9.17, 15) is 29.4 Å². The summed E-state index contributed by atoms with van der Waals surface area (Å²) < 4.78 is 5.78. The monoisotopic (exact) mass is 532 g/mol. The zero-order chi connectivity index (χ0) is 28.5. The van der Waals surface area contributed by atoms with Crippen LogP contribution in [0.5, 0.6) is 17.2 Å². The second-order valence-electron chi connectivity index (χ2n) is 10.0. The number of hydrogen-bond acceptors (Lipinski definition) is 8. The van der Waals surface area contributed by atoms with Gasteiger partial charge in [0.2, 0.25) is 5.91 Å². The molecule has 1 atom stereocenters. The molecule has 1 heterocycles. The second kappa shape index (κ2) is 10.8. The van der Waals surface area contributed by atoms with E-state index in [1.54, 1.807) is 6.92 Å². The number of fused-ring (bicyclic) bond motifs is 3. The number of benzene rings is 2. The molecule has 0 radical (unpaired) electrons. The van der Waals surface area contributed by atoms with E-state index in [0.717, 1.165) is 18.5 Å². The lowest BCUT2D eigenvalue weighted by atomic mass is 9.70. The maximum absolute atomic E-state index is 13.8. The first-order valence-electron chi connectivity index (χ1n) is 12.9. The number of nitrogens with one attached hydrogen (secondary N) is 2. The van der Waals surface area contributed by atoms with Gasteiger partial charge in [0.25, 0.3) is 0 Å². The Morgan fingerprint density at radius 1 is 1.00 bits per heavy atom. The number of Topliss-reactive ketones (excluding diaryl/α,β-unsaturated/α-hetero) is 2. The highest BCUT2D eigenvalue weighted by Crippen LogP contribution is 2.57. The standard InChI is InChI=1S/C30H32N2O7/c1-16-26(36)24(18(3)33)28-25(27(16)37)30(4)21(39-28)15-20(34)23(29(30)38)17(2)31-14-10-6-9-13-22(35)32-19-11-7-5-8-12-19/h5,7-8,11-12,15,31,36-37H,6,9-10,13-14H2,1-4H3,(H,32,35)/b23-17+. The van der Waals surface area contributed by atoms with Crippen LogP contribution in [0.2, 0.25) is 0 Å². The third-order valence-electron chi connectivity index (χ3n) is 7.29. The number of rotatable bonds is 9. The highest BCUT2D eigenvalue weighted by Gasteiger charge is 2.56. The topological polar surface area (TPSA) is 142 Å². The Kier molecular flexibility index (Phi) is 7.63. The predicted octanol–water partition coefficient (Wildman–Crippen LogP) is 4.36. The zero-order valence-electron chi connectivity index (χ0n) is 22.4. The number of amides is 1. The highest BCUT2D eigenvalue weighted by molar-refractivity contribution is 6.31. The average Bonchev–Trinajstić information content (AvgIpc) is 3.18. The molecule has 0 aromatic heterocycles. The van der Waals surface area contributed by atoms with Crippen LogP contribution in [0, 0.1) is 6.92 Å². The SMILES string of the molecule is CC(=O)c1c(O)c(C)c(O)c2c1OC1=CC(=O)/C(=C(/C)NCCCCCC(=O)Nc3ccccc3)C(=O)C12C. The number of carbonyl (C=O) groups excluding carboxylic acids is 4. The van der Waals surface area contributed by atoms with Gasteiger partial charge < -0.3 is 25.6 Å². The smallest absolute Gasteiger partial charge is 0.224 e. The molecule has 2 aromatic rings. The fourth-order valence-corrected chi connectivity index (χ4v) is 5.06. The number of ketones is 3. The van der Waals surface area contributed by atoms with Gasteiger partial charge in [0.15, 0.2) is 17.3 Å². The number of ether oxygens (including phenoxy) is 1. The summed E-state index contributed by atoms with van der Waals surface area (Å²) in [6.45, 7) is 6.35. The van der Waals surface area contributed by atoms with Crippen LogP contribution < -0.4 is 15.4 Å². The van der Waals surface area contributed by atoms with Crippen molar-refractivity contribution in [3.63, 3.8) is 0 Å². The van der Waals surface area contributed by atoms with Gasteiger partial charge in [-0.1, -0.05) is 24.6 Å². The third kappa shape index (κ3) is 4.92. The molecule has 0 saturated heterocycles. The van der Waals surface area contributed by atoms with Crippen LogP contribution in [-0.4, -0.2) is 40.0 Å². The van der Waals surface area contributed by atoms with Crippen LogP contribution >= 0.6 is 0 Å². The van der Waals surface area contributed by atoms with Gasteiger partial charge in [-0.3, -0.25) is 19.2 Å². The van der Waals surface area contributed by atoms with Gasteiger partial charge in [-0.05, 0) is 52.7 Å². The maximum atomic E-state index is 13.8. The van der Waals surface area contributed by atoms with Gasteiger partial charge in [-0.15, -0.1) is 0 Å². The van der Waals surface area contributed by atoms with E-state index in [1.165, 1.54) is 26.8 Å². The first kappa shape index (κ1) is 27.6. The van der Waals surface area contributed by atoms with Crippen LogP contribution in [0.3, 0.4) is 0 Å².